The lowest BCUT2D eigenvalue weighted by molar-refractivity contribution is 0.471. The van der Waals surface area contributed by atoms with E-state index in [2.05, 4.69) is 10.2 Å². The number of benzene rings is 1. The van der Waals surface area contributed by atoms with Crippen LogP contribution in [-0.4, -0.2) is 15.3 Å². The third-order valence-electron chi connectivity index (χ3n) is 2.23. The monoisotopic (exact) mass is 223 g/mol. The standard InChI is InChI=1S/C10H10ClN3O/c1-5-2-6(3-8(11)9(5)15)7-4-13-14-10(7)12/h2-4,15H,1H3,(H3,12,13,14). The van der Waals surface area contributed by atoms with Gasteiger partial charge in [0.05, 0.1) is 11.2 Å². The molecular weight excluding hydrogens is 214 g/mol. The first kappa shape index (κ1) is 9.86. The molecule has 15 heavy (non-hydrogen) atoms. The van der Waals surface area contributed by atoms with E-state index in [1.165, 1.54) is 0 Å². The van der Waals surface area contributed by atoms with E-state index < -0.39 is 0 Å². The molecule has 5 heteroatoms. The first-order valence-corrected chi connectivity index (χ1v) is 4.75. The molecular formula is C10H10ClN3O. The van der Waals surface area contributed by atoms with Crippen molar-refractivity contribution in [3.63, 3.8) is 0 Å². The van der Waals surface area contributed by atoms with Crippen molar-refractivity contribution in [1.29, 1.82) is 0 Å². The highest BCUT2D eigenvalue weighted by Gasteiger charge is 2.09. The molecule has 78 valence electrons. The number of hydrogen-bond donors (Lipinski definition) is 3. The number of aryl methyl sites for hydroxylation is 1. The summed E-state index contributed by atoms with van der Waals surface area (Å²) in [5.41, 5.74) is 8.01. The van der Waals surface area contributed by atoms with Crippen molar-refractivity contribution < 1.29 is 5.11 Å². The van der Waals surface area contributed by atoms with Crippen LogP contribution in [0.1, 0.15) is 5.56 Å². The van der Waals surface area contributed by atoms with Gasteiger partial charge in [0, 0.05) is 5.56 Å². The number of phenols is 1. The van der Waals surface area contributed by atoms with E-state index in [1.54, 1.807) is 19.2 Å². The van der Waals surface area contributed by atoms with Crippen molar-refractivity contribution in [2.45, 2.75) is 6.92 Å². The highest BCUT2D eigenvalue weighted by molar-refractivity contribution is 6.32. The van der Waals surface area contributed by atoms with Crippen molar-refractivity contribution in [2.75, 3.05) is 5.73 Å². The van der Waals surface area contributed by atoms with E-state index >= 15 is 0 Å². The largest absolute Gasteiger partial charge is 0.506 e. The number of aromatic amines is 1. The van der Waals surface area contributed by atoms with E-state index in [4.69, 9.17) is 17.3 Å². The maximum absolute atomic E-state index is 9.51. The maximum atomic E-state index is 9.51. The van der Waals surface area contributed by atoms with Crippen LogP contribution in [0.2, 0.25) is 5.02 Å². The number of aromatic nitrogens is 2. The minimum Gasteiger partial charge on any atom is -0.506 e. The molecule has 2 aromatic rings. The van der Waals surface area contributed by atoms with Gasteiger partial charge in [-0.15, -0.1) is 0 Å². The maximum Gasteiger partial charge on any atom is 0.137 e. The number of halogens is 1. The molecule has 0 amide bonds. The summed E-state index contributed by atoms with van der Waals surface area (Å²) in [5, 5.41) is 16.3. The molecule has 0 radical (unpaired) electrons. The average Bonchev–Trinajstić information content (AvgIpc) is 2.60. The molecule has 0 atom stereocenters. The minimum absolute atomic E-state index is 0.0995. The molecule has 0 saturated heterocycles. The fraction of sp³-hybridized carbons (Fsp3) is 0.100. The van der Waals surface area contributed by atoms with Gasteiger partial charge < -0.3 is 10.8 Å². The Morgan fingerprint density at radius 1 is 1.47 bits per heavy atom. The van der Waals surface area contributed by atoms with E-state index in [0.717, 1.165) is 11.1 Å². The molecule has 0 spiro atoms. The fourth-order valence-electron chi connectivity index (χ4n) is 1.42. The van der Waals surface area contributed by atoms with Gasteiger partial charge in [-0.05, 0) is 30.2 Å². The summed E-state index contributed by atoms with van der Waals surface area (Å²) in [6, 6.07) is 3.47. The third-order valence-corrected chi connectivity index (χ3v) is 2.52. The first-order valence-electron chi connectivity index (χ1n) is 4.38. The van der Waals surface area contributed by atoms with Gasteiger partial charge in [-0.25, -0.2) is 0 Å². The van der Waals surface area contributed by atoms with Gasteiger partial charge >= 0.3 is 0 Å². The number of rotatable bonds is 1. The van der Waals surface area contributed by atoms with E-state index in [1.807, 2.05) is 6.07 Å². The Balaban J connectivity index is 2.60. The summed E-state index contributed by atoms with van der Waals surface area (Å²) in [6.45, 7) is 1.78. The molecule has 0 fully saturated rings. The Morgan fingerprint density at radius 3 is 2.73 bits per heavy atom. The van der Waals surface area contributed by atoms with E-state index in [0.29, 0.717) is 16.4 Å². The molecule has 0 bridgehead atoms. The van der Waals surface area contributed by atoms with Crippen molar-refractivity contribution in [2.24, 2.45) is 0 Å². The molecule has 1 aromatic heterocycles. The number of H-pyrrole nitrogens is 1. The number of aromatic hydroxyl groups is 1. The van der Waals surface area contributed by atoms with Crippen LogP contribution >= 0.6 is 11.6 Å². The molecule has 4 nitrogen and oxygen atoms in total. The van der Waals surface area contributed by atoms with Crippen LogP contribution in [0.3, 0.4) is 0 Å². The van der Waals surface area contributed by atoms with Crippen LogP contribution < -0.4 is 5.73 Å². The molecule has 2 rings (SSSR count). The number of nitrogen functional groups attached to an aromatic ring is 1. The lowest BCUT2D eigenvalue weighted by Gasteiger charge is -2.05. The number of anilines is 1. The second-order valence-electron chi connectivity index (χ2n) is 3.32. The third kappa shape index (κ3) is 1.64. The van der Waals surface area contributed by atoms with Crippen LogP contribution in [0.15, 0.2) is 18.3 Å². The fourth-order valence-corrected chi connectivity index (χ4v) is 1.68. The number of phenolic OH excluding ortho intramolecular Hbond substituents is 1. The van der Waals surface area contributed by atoms with Crippen LogP contribution in [-0.2, 0) is 0 Å². The Morgan fingerprint density at radius 2 is 2.20 bits per heavy atom. The second kappa shape index (κ2) is 3.47. The predicted octanol–water partition coefficient (Wildman–Crippen LogP) is 2.33. The Labute approximate surface area is 91.7 Å². The average molecular weight is 224 g/mol. The number of nitrogens with zero attached hydrogens (tertiary/aromatic N) is 1. The SMILES string of the molecule is Cc1cc(-c2cn[nH]c2N)cc(Cl)c1O. The lowest BCUT2D eigenvalue weighted by Crippen LogP contribution is -1.88. The zero-order chi connectivity index (χ0) is 11.0. The second-order valence-corrected chi connectivity index (χ2v) is 3.73. The van der Waals surface area contributed by atoms with Gasteiger partial charge in [0.15, 0.2) is 0 Å². The minimum atomic E-state index is 0.0995. The smallest absolute Gasteiger partial charge is 0.137 e. The van der Waals surface area contributed by atoms with Crippen LogP contribution in [0.5, 0.6) is 5.75 Å². The Kier molecular flexibility index (Phi) is 2.28. The summed E-state index contributed by atoms with van der Waals surface area (Å²) in [6.07, 6.45) is 1.62. The predicted molar refractivity (Wildman–Crippen MR) is 59.8 cm³/mol. The zero-order valence-electron chi connectivity index (χ0n) is 8.08. The highest BCUT2D eigenvalue weighted by Crippen LogP contribution is 2.34. The molecule has 1 heterocycles. The highest BCUT2D eigenvalue weighted by atomic mass is 35.5. The van der Waals surface area contributed by atoms with Crippen molar-refractivity contribution >= 4 is 17.4 Å². The molecule has 0 unspecified atom stereocenters. The number of nitrogens with two attached hydrogens (primary N) is 1. The molecule has 0 aliphatic heterocycles. The van der Waals surface area contributed by atoms with Gasteiger partial charge in [0.25, 0.3) is 0 Å². The topological polar surface area (TPSA) is 74.9 Å². The molecule has 1 aromatic carbocycles. The van der Waals surface area contributed by atoms with Crippen LogP contribution in [0.25, 0.3) is 11.1 Å². The van der Waals surface area contributed by atoms with Crippen LogP contribution in [0, 0.1) is 6.92 Å². The van der Waals surface area contributed by atoms with Crippen molar-refractivity contribution in [3.05, 3.63) is 28.9 Å². The van der Waals surface area contributed by atoms with Crippen molar-refractivity contribution in [3.8, 4) is 16.9 Å². The molecule has 0 aliphatic carbocycles. The lowest BCUT2D eigenvalue weighted by atomic mass is 10.1. The zero-order valence-corrected chi connectivity index (χ0v) is 8.84. The summed E-state index contributed by atoms with van der Waals surface area (Å²) in [7, 11) is 0. The van der Waals surface area contributed by atoms with Crippen LogP contribution in [0.4, 0.5) is 5.82 Å². The summed E-state index contributed by atoms with van der Waals surface area (Å²) in [4.78, 5) is 0. The number of nitrogens with one attached hydrogen (secondary N) is 1. The normalized spacial score (nSPS) is 10.5. The summed E-state index contributed by atoms with van der Waals surface area (Å²) in [5.74, 6) is 0.582. The van der Waals surface area contributed by atoms with Gasteiger partial charge in [0.2, 0.25) is 0 Å². The van der Waals surface area contributed by atoms with Crippen molar-refractivity contribution in [1.82, 2.24) is 10.2 Å². The summed E-state index contributed by atoms with van der Waals surface area (Å²) >= 11 is 5.87. The van der Waals surface area contributed by atoms with Gasteiger partial charge in [-0.2, -0.15) is 5.10 Å². The molecule has 4 N–H and O–H groups in total. The van der Waals surface area contributed by atoms with E-state index in [9.17, 15) is 5.11 Å². The molecule has 0 aliphatic rings. The van der Waals surface area contributed by atoms with Gasteiger partial charge in [-0.3, -0.25) is 5.10 Å². The molecule has 0 saturated carbocycles. The number of hydrogen-bond acceptors (Lipinski definition) is 3. The quantitative estimate of drug-likeness (QED) is 0.695. The van der Waals surface area contributed by atoms with E-state index in [-0.39, 0.29) is 5.75 Å². The van der Waals surface area contributed by atoms with Gasteiger partial charge in [-0.1, -0.05) is 11.6 Å². The Bertz CT molecular complexity index is 484. The Hall–Kier alpha value is -1.68. The summed E-state index contributed by atoms with van der Waals surface area (Å²) < 4.78 is 0. The van der Waals surface area contributed by atoms with Gasteiger partial charge in [0.1, 0.15) is 11.6 Å². The first-order chi connectivity index (χ1) is 7.09.